The summed E-state index contributed by atoms with van der Waals surface area (Å²) in [4.78, 5) is 9.13. The van der Waals surface area contributed by atoms with Gasteiger partial charge in [0.1, 0.15) is 5.58 Å². The predicted molar refractivity (Wildman–Crippen MR) is 217 cm³/mol. The molecule has 6 heteroatoms. The van der Waals surface area contributed by atoms with Crippen molar-refractivity contribution < 1.29 is 33.0 Å². The molecular weight excluding hydrogens is 848 g/mol. The van der Waals surface area contributed by atoms with Gasteiger partial charge in [0.2, 0.25) is 0 Å². The van der Waals surface area contributed by atoms with Crippen LogP contribution in [0.25, 0.3) is 66.7 Å². The van der Waals surface area contributed by atoms with E-state index in [0.29, 0.717) is 17.0 Å². The van der Waals surface area contributed by atoms with Crippen LogP contribution >= 0.6 is 0 Å². The quantitative estimate of drug-likeness (QED) is 0.123. The number of furan rings is 1. The molecule has 0 aliphatic heterocycles. The van der Waals surface area contributed by atoms with Gasteiger partial charge < -0.3 is 14.4 Å². The van der Waals surface area contributed by atoms with Gasteiger partial charge in [-0.2, -0.15) is 0 Å². The minimum atomic E-state index is -2.10. The maximum absolute atomic E-state index is 14.1. The number of pyridine rings is 2. The first-order valence-electron chi connectivity index (χ1n) is 18.9. The van der Waals surface area contributed by atoms with E-state index in [9.17, 15) is 4.39 Å². The Morgan fingerprint density at radius 3 is 2.23 bits per heavy atom. The SMILES string of the molecule is C[Si](C)(C)c1ccc(-c2[c-]cc(F)c(-c3ccccc3)c2)nc1.[2H]C([2H])([2H])c1ccc(-c2ccc3c(c2)oc2c(-c4cc(C(C)C)ccn4)[c-]ccc23)cc1.[Ir]. The third kappa shape index (κ3) is 8.31. The third-order valence-corrected chi connectivity index (χ3v) is 11.3. The third-order valence-electron chi connectivity index (χ3n) is 9.25. The first kappa shape index (κ1) is 33.8. The van der Waals surface area contributed by atoms with Gasteiger partial charge >= 0.3 is 0 Å². The second-order valence-corrected chi connectivity index (χ2v) is 19.3. The van der Waals surface area contributed by atoms with Crippen molar-refractivity contribution in [2.24, 2.45) is 0 Å². The number of fused-ring (bicyclic) bond motifs is 3. The average Bonchev–Trinajstić information content (AvgIpc) is 3.56. The molecule has 53 heavy (non-hydrogen) atoms. The minimum Gasteiger partial charge on any atom is -0.501 e. The van der Waals surface area contributed by atoms with Crippen LogP contribution < -0.4 is 5.19 Å². The van der Waals surface area contributed by atoms with Gasteiger partial charge in [0.05, 0.1) is 13.7 Å². The summed E-state index contributed by atoms with van der Waals surface area (Å²) in [5.41, 5.74) is 9.79. The number of hydrogen-bond acceptors (Lipinski definition) is 3. The molecule has 0 spiro atoms. The zero-order valence-electron chi connectivity index (χ0n) is 33.3. The van der Waals surface area contributed by atoms with Crippen LogP contribution in [-0.4, -0.2) is 18.0 Å². The molecule has 0 N–H and O–H groups in total. The number of aromatic nitrogens is 2. The van der Waals surface area contributed by atoms with Crippen molar-refractivity contribution >= 4 is 35.2 Å². The van der Waals surface area contributed by atoms with Crippen LogP contribution in [0.1, 0.15) is 35.0 Å². The summed E-state index contributed by atoms with van der Waals surface area (Å²) in [7, 11) is -1.36. The summed E-state index contributed by atoms with van der Waals surface area (Å²) in [5.74, 6) is 0.143. The summed E-state index contributed by atoms with van der Waals surface area (Å²) in [6.07, 6.45) is 3.78. The molecule has 0 amide bonds. The molecule has 8 rings (SSSR count). The van der Waals surface area contributed by atoms with Gasteiger partial charge in [-0.25, -0.2) is 0 Å². The molecule has 0 aliphatic carbocycles. The molecule has 0 aliphatic rings. The normalized spacial score (nSPS) is 12.4. The Morgan fingerprint density at radius 2 is 1.53 bits per heavy atom. The maximum Gasteiger partial charge on any atom is 0.121 e. The van der Waals surface area contributed by atoms with Gasteiger partial charge in [-0.15, -0.1) is 42.0 Å². The number of rotatable bonds is 6. The van der Waals surface area contributed by atoms with E-state index >= 15 is 0 Å². The van der Waals surface area contributed by atoms with Crippen LogP contribution in [-0.2, 0) is 20.1 Å². The number of nitrogens with zero attached hydrogens (tertiary/aromatic N) is 2. The zero-order valence-corrected chi connectivity index (χ0v) is 33.7. The fourth-order valence-corrected chi connectivity index (χ4v) is 7.21. The van der Waals surface area contributed by atoms with Gasteiger partial charge in [-0.1, -0.05) is 146 Å². The predicted octanol–water partition coefficient (Wildman–Crippen LogP) is 12.4. The van der Waals surface area contributed by atoms with E-state index in [4.69, 9.17) is 8.53 Å². The van der Waals surface area contributed by atoms with Crippen LogP contribution in [0.2, 0.25) is 19.6 Å². The van der Waals surface area contributed by atoms with Crippen molar-refractivity contribution in [1.29, 1.82) is 0 Å². The Hall–Kier alpha value is -5.00. The average molecular weight is 892 g/mol. The van der Waals surface area contributed by atoms with Crippen molar-refractivity contribution in [2.45, 2.75) is 46.3 Å². The van der Waals surface area contributed by atoms with Crippen molar-refractivity contribution in [3.63, 3.8) is 0 Å². The van der Waals surface area contributed by atoms with Crippen molar-refractivity contribution in [1.82, 2.24) is 9.97 Å². The van der Waals surface area contributed by atoms with Crippen LogP contribution in [0.4, 0.5) is 4.39 Å². The molecule has 3 aromatic heterocycles. The molecule has 0 atom stereocenters. The van der Waals surface area contributed by atoms with E-state index in [2.05, 4.69) is 73.8 Å². The van der Waals surface area contributed by atoms with E-state index in [-0.39, 0.29) is 25.9 Å². The summed E-state index contributed by atoms with van der Waals surface area (Å²) in [6.45, 7) is 9.10. The van der Waals surface area contributed by atoms with Crippen LogP contribution in [0.3, 0.4) is 0 Å². The molecule has 0 unspecified atom stereocenters. The number of benzene rings is 5. The number of halogens is 1. The minimum absolute atomic E-state index is 0. The standard InChI is InChI=1S/C27H22NO.C20H19FNSi.Ir/c1-17(2)20-13-14-28-25(15-20)24-6-4-5-23-22-12-11-21(16-26(22)29-27(23)24)19-9-7-18(3)8-10-19;1-23(2,3)17-10-12-20(22-14-17)16-9-11-19(21)18(13-16)15-7-5-4-6-8-15;/h4-5,7-17H,1-3H3;4-8,10-14H,1-3H3;/q2*-1;/i3D3;;. The molecule has 3 heterocycles. The molecule has 267 valence electrons. The van der Waals surface area contributed by atoms with E-state index in [1.807, 2.05) is 97.3 Å². The van der Waals surface area contributed by atoms with Gasteiger partial charge in [-0.05, 0) is 58.2 Å². The van der Waals surface area contributed by atoms with Gasteiger partial charge in [0.25, 0.3) is 0 Å². The van der Waals surface area contributed by atoms with Crippen LogP contribution in [0.15, 0.2) is 138 Å². The molecule has 8 aromatic rings. The van der Waals surface area contributed by atoms with Gasteiger partial charge in [0, 0.05) is 47.8 Å². The molecule has 0 fully saturated rings. The fourth-order valence-electron chi connectivity index (χ4n) is 6.17. The first-order valence-corrected chi connectivity index (χ1v) is 20.9. The number of hydrogen-bond donors (Lipinski definition) is 0. The Morgan fingerprint density at radius 1 is 0.755 bits per heavy atom. The Bertz CT molecular complexity index is 2600. The molecule has 0 saturated carbocycles. The van der Waals surface area contributed by atoms with E-state index in [1.54, 1.807) is 12.1 Å². The molecular formula is C47H41FIrN2OSi-2. The Balaban J connectivity index is 0.000000197. The van der Waals surface area contributed by atoms with Crippen LogP contribution in [0.5, 0.6) is 0 Å². The molecule has 0 saturated heterocycles. The van der Waals surface area contributed by atoms with E-state index in [0.717, 1.165) is 61.1 Å². The fraction of sp³-hybridized carbons (Fsp3) is 0.149. The van der Waals surface area contributed by atoms with Crippen molar-refractivity contribution in [2.75, 3.05) is 0 Å². The summed E-state index contributed by atoms with van der Waals surface area (Å²) in [6, 6.07) is 44.4. The summed E-state index contributed by atoms with van der Waals surface area (Å²) < 4.78 is 43.1. The number of aryl methyl sites for hydroxylation is 1. The summed E-state index contributed by atoms with van der Waals surface area (Å²) in [5, 5.41) is 3.36. The molecule has 5 aromatic carbocycles. The van der Waals surface area contributed by atoms with Gasteiger partial charge in [0.15, 0.2) is 0 Å². The Kier molecular flexibility index (Phi) is 10.2. The smallest absolute Gasteiger partial charge is 0.121 e. The largest absolute Gasteiger partial charge is 0.501 e. The van der Waals surface area contributed by atoms with E-state index in [1.165, 1.54) is 16.8 Å². The monoisotopic (exact) mass is 892 g/mol. The maximum atomic E-state index is 14.1. The van der Waals surface area contributed by atoms with Crippen LogP contribution in [0, 0.1) is 24.8 Å². The first-order chi connectivity index (χ1) is 26.3. The van der Waals surface area contributed by atoms with E-state index < -0.39 is 14.9 Å². The topological polar surface area (TPSA) is 38.9 Å². The second kappa shape index (κ2) is 15.9. The van der Waals surface area contributed by atoms with Gasteiger partial charge in [-0.3, -0.25) is 4.39 Å². The second-order valence-electron chi connectivity index (χ2n) is 14.3. The summed E-state index contributed by atoms with van der Waals surface area (Å²) >= 11 is 0. The molecule has 0 bridgehead atoms. The van der Waals surface area contributed by atoms with Crippen molar-refractivity contribution in [3.05, 3.63) is 163 Å². The molecule has 1 radical (unpaired) electrons. The Labute approximate surface area is 330 Å². The molecule has 3 nitrogen and oxygen atoms in total. The van der Waals surface area contributed by atoms with Crippen molar-refractivity contribution in [3.8, 4) is 44.8 Å². The zero-order chi connectivity index (χ0) is 38.9.